The Hall–Kier alpha value is -2.58. The Balaban J connectivity index is 1.49. The second-order valence-electron chi connectivity index (χ2n) is 9.14. The molecule has 0 saturated carbocycles. The second-order valence-corrected chi connectivity index (χ2v) is 11.1. The van der Waals surface area contributed by atoms with Crippen molar-refractivity contribution in [3.05, 3.63) is 54.1 Å². The summed E-state index contributed by atoms with van der Waals surface area (Å²) in [7, 11) is -3.66. The Kier molecular flexibility index (Phi) is 6.95. The van der Waals surface area contributed by atoms with E-state index >= 15 is 0 Å². The Bertz CT molecular complexity index is 1090. The number of nitrogens with zero attached hydrogens (tertiary/aromatic N) is 2. The molecule has 0 aliphatic carbocycles. The Labute approximate surface area is 196 Å². The lowest BCUT2D eigenvalue weighted by Gasteiger charge is -2.34. The minimum atomic E-state index is -3.66. The molecule has 2 aromatic carbocycles. The van der Waals surface area contributed by atoms with Crippen molar-refractivity contribution in [3.63, 3.8) is 0 Å². The highest BCUT2D eigenvalue weighted by Gasteiger charge is 2.32. The van der Waals surface area contributed by atoms with E-state index in [1.165, 1.54) is 6.07 Å². The molecule has 0 bridgehead atoms. The zero-order valence-electron chi connectivity index (χ0n) is 19.4. The first-order valence-electron chi connectivity index (χ1n) is 11.6. The van der Waals surface area contributed by atoms with E-state index in [2.05, 4.69) is 13.8 Å². The number of hydrogen-bond acceptors (Lipinski definition) is 5. The van der Waals surface area contributed by atoms with Gasteiger partial charge in [-0.25, -0.2) is 8.42 Å². The number of ether oxygens (including phenoxy) is 2. The van der Waals surface area contributed by atoms with Crippen LogP contribution in [0.2, 0.25) is 0 Å². The summed E-state index contributed by atoms with van der Waals surface area (Å²) in [5.74, 6) is 1.76. The lowest BCUT2D eigenvalue weighted by Crippen LogP contribution is -2.44. The zero-order valence-corrected chi connectivity index (χ0v) is 20.3. The average Bonchev–Trinajstić information content (AvgIpc) is 2.81. The second kappa shape index (κ2) is 9.73. The van der Waals surface area contributed by atoms with Gasteiger partial charge in [0.05, 0.1) is 11.4 Å². The van der Waals surface area contributed by atoms with E-state index in [9.17, 15) is 13.2 Å². The first-order valence-corrected chi connectivity index (χ1v) is 13.0. The minimum absolute atomic E-state index is 0.164. The fourth-order valence-corrected chi connectivity index (χ4v) is 6.40. The number of carbonyl (C=O) groups excluding carboxylic acids is 1. The zero-order chi connectivity index (χ0) is 23.6. The van der Waals surface area contributed by atoms with Crippen molar-refractivity contribution in [1.82, 2.24) is 9.21 Å². The number of fused-ring (bicyclic) bond motifs is 1. The van der Waals surface area contributed by atoms with Gasteiger partial charge in [-0.05, 0) is 55.5 Å². The van der Waals surface area contributed by atoms with Crippen molar-refractivity contribution < 1.29 is 22.7 Å². The molecular weight excluding hydrogens is 440 g/mol. The lowest BCUT2D eigenvalue weighted by atomic mass is 9.94. The maximum Gasteiger partial charge on any atom is 0.254 e. The topological polar surface area (TPSA) is 76.1 Å². The molecule has 3 atom stereocenters. The summed E-state index contributed by atoms with van der Waals surface area (Å²) in [5, 5.41) is 0. The standard InChI is InChI=1S/C25H32N2O5S/c1-4-26(16-21-17-31-23-10-5-6-11-24(23)32-21)25(28)20-8-7-9-22(13-20)33(29,30)27-14-18(2)12-19(3)15-27/h5-11,13,18-19,21H,4,12,14-17H2,1-3H3/t18-,19+,21-/m1/s1. The largest absolute Gasteiger partial charge is 0.486 e. The summed E-state index contributed by atoms with van der Waals surface area (Å²) in [6.07, 6.45) is 0.722. The fourth-order valence-electron chi connectivity index (χ4n) is 4.68. The molecule has 1 saturated heterocycles. The SMILES string of the molecule is CCN(C[C@@H]1COc2ccccc2O1)C(=O)c1cccc(S(=O)(=O)N2C[C@H](C)C[C@H](C)C2)c1. The van der Waals surface area contributed by atoms with Crippen LogP contribution >= 0.6 is 0 Å². The number of benzene rings is 2. The van der Waals surface area contributed by atoms with Crippen LogP contribution in [0.25, 0.3) is 0 Å². The van der Waals surface area contributed by atoms with Crippen LogP contribution in [0.4, 0.5) is 0 Å². The molecule has 2 aliphatic rings. The number of rotatable bonds is 6. The number of carbonyl (C=O) groups is 1. The molecule has 2 aliphatic heterocycles. The molecule has 2 heterocycles. The van der Waals surface area contributed by atoms with E-state index in [1.807, 2.05) is 31.2 Å². The number of amides is 1. The molecule has 0 unspecified atom stereocenters. The first kappa shape index (κ1) is 23.6. The van der Waals surface area contributed by atoms with Crippen molar-refractivity contribution in [2.45, 2.75) is 38.2 Å². The monoisotopic (exact) mass is 472 g/mol. The summed E-state index contributed by atoms with van der Waals surface area (Å²) < 4.78 is 39.9. The number of para-hydroxylation sites is 2. The molecule has 2 aromatic rings. The molecule has 0 spiro atoms. The van der Waals surface area contributed by atoms with E-state index < -0.39 is 10.0 Å². The molecule has 8 heteroatoms. The van der Waals surface area contributed by atoms with Crippen molar-refractivity contribution in [2.75, 3.05) is 32.8 Å². The first-order chi connectivity index (χ1) is 15.8. The molecule has 0 N–H and O–H groups in total. The van der Waals surface area contributed by atoms with Gasteiger partial charge >= 0.3 is 0 Å². The highest BCUT2D eigenvalue weighted by Crippen LogP contribution is 2.31. The molecule has 178 valence electrons. The maximum atomic E-state index is 13.3. The van der Waals surface area contributed by atoms with Crippen LogP contribution in [-0.2, 0) is 10.0 Å². The van der Waals surface area contributed by atoms with E-state index in [0.717, 1.165) is 6.42 Å². The molecule has 1 fully saturated rings. The van der Waals surface area contributed by atoms with Gasteiger partial charge in [0.15, 0.2) is 17.6 Å². The summed E-state index contributed by atoms with van der Waals surface area (Å²) in [6, 6.07) is 13.8. The van der Waals surface area contributed by atoms with E-state index in [1.54, 1.807) is 27.4 Å². The normalized spacial score (nSPS) is 23.2. The summed E-state index contributed by atoms with van der Waals surface area (Å²) in [5.41, 5.74) is 0.355. The molecule has 0 aromatic heterocycles. The van der Waals surface area contributed by atoms with Crippen LogP contribution in [-0.4, -0.2) is 62.4 Å². The van der Waals surface area contributed by atoms with Gasteiger partial charge in [-0.2, -0.15) is 4.31 Å². The lowest BCUT2D eigenvalue weighted by molar-refractivity contribution is 0.0474. The molecule has 0 radical (unpaired) electrons. The van der Waals surface area contributed by atoms with Crippen molar-refractivity contribution >= 4 is 15.9 Å². The fraction of sp³-hybridized carbons (Fsp3) is 0.480. The van der Waals surface area contributed by atoms with Crippen molar-refractivity contribution in [3.8, 4) is 11.5 Å². The molecule has 1 amide bonds. The molecule has 7 nitrogen and oxygen atoms in total. The molecule has 33 heavy (non-hydrogen) atoms. The highest BCUT2D eigenvalue weighted by molar-refractivity contribution is 7.89. The number of piperidine rings is 1. The average molecular weight is 473 g/mol. The minimum Gasteiger partial charge on any atom is -0.486 e. The smallest absolute Gasteiger partial charge is 0.254 e. The van der Waals surface area contributed by atoms with Crippen LogP contribution in [0, 0.1) is 11.8 Å². The van der Waals surface area contributed by atoms with Gasteiger partial charge in [0.25, 0.3) is 5.91 Å². The van der Waals surface area contributed by atoms with Gasteiger partial charge in [0.1, 0.15) is 6.61 Å². The van der Waals surface area contributed by atoms with Crippen LogP contribution in [0.3, 0.4) is 0 Å². The number of sulfonamides is 1. The predicted molar refractivity (Wildman–Crippen MR) is 126 cm³/mol. The Morgan fingerprint density at radius 1 is 1.06 bits per heavy atom. The van der Waals surface area contributed by atoms with E-state index in [0.29, 0.717) is 61.7 Å². The van der Waals surface area contributed by atoms with Gasteiger partial charge < -0.3 is 14.4 Å². The quantitative estimate of drug-likeness (QED) is 0.641. The predicted octanol–water partition coefficient (Wildman–Crippen LogP) is 3.66. The highest BCUT2D eigenvalue weighted by atomic mass is 32.2. The third kappa shape index (κ3) is 5.17. The number of likely N-dealkylation sites (N-methyl/N-ethyl adjacent to an activating group) is 1. The van der Waals surface area contributed by atoms with Gasteiger partial charge in [-0.1, -0.05) is 32.0 Å². The van der Waals surface area contributed by atoms with Gasteiger partial charge in [0, 0.05) is 25.2 Å². The van der Waals surface area contributed by atoms with Gasteiger partial charge in [-0.15, -0.1) is 0 Å². The third-order valence-corrected chi connectivity index (χ3v) is 8.04. The van der Waals surface area contributed by atoms with Crippen LogP contribution in [0.1, 0.15) is 37.6 Å². The molecule has 4 rings (SSSR count). The van der Waals surface area contributed by atoms with Crippen LogP contribution in [0.15, 0.2) is 53.4 Å². The summed E-state index contributed by atoms with van der Waals surface area (Å²) >= 11 is 0. The van der Waals surface area contributed by atoms with Crippen LogP contribution < -0.4 is 9.47 Å². The van der Waals surface area contributed by atoms with Crippen molar-refractivity contribution in [2.24, 2.45) is 11.8 Å². The summed E-state index contributed by atoms with van der Waals surface area (Å²) in [6.45, 7) is 8.23. The Morgan fingerprint density at radius 3 is 2.45 bits per heavy atom. The van der Waals surface area contributed by atoms with E-state index in [4.69, 9.17) is 9.47 Å². The van der Waals surface area contributed by atoms with Crippen molar-refractivity contribution in [1.29, 1.82) is 0 Å². The van der Waals surface area contributed by atoms with Crippen LogP contribution in [0.5, 0.6) is 11.5 Å². The summed E-state index contributed by atoms with van der Waals surface area (Å²) in [4.78, 5) is 15.1. The van der Waals surface area contributed by atoms with Gasteiger partial charge in [-0.3, -0.25) is 4.79 Å². The van der Waals surface area contributed by atoms with E-state index in [-0.39, 0.29) is 16.9 Å². The molecular formula is C25H32N2O5S. The number of hydrogen-bond donors (Lipinski definition) is 0. The van der Waals surface area contributed by atoms with Gasteiger partial charge in [0.2, 0.25) is 10.0 Å². The maximum absolute atomic E-state index is 13.3. The third-order valence-electron chi connectivity index (χ3n) is 6.21. The Morgan fingerprint density at radius 2 is 1.76 bits per heavy atom.